The zero-order valence-corrected chi connectivity index (χ0v) is 31.7. The average Bonchev–Trinajstić information content (AvgIpc) is 4.20. The van der Waals surface area contributed by atoms with Crippen LogP contribution in [0.4, 0.5) is 17.1 Å². The van der Waals surface area contributed by atoms with Gasteiger partial charge < -0.3 is 13.9 Å². The molecule has 0 unspecified atom stereocenters. The van der Waals surface area contributed by atoms with Crippen molar-refractivity contribution in [1.82, 2.24) is 4.57 Å². The third kappa shape index (κ3) is 5.90. The van der Waals surface area contributed by atoms with Crippen LogP contribution in [0.25, 0.3) is 93.6 Å². The molecular weight excluding hydrogens is 741 g/mol. The van der Waals surface area contributed by atoms with E-state index in [0.29, 0.717) is 38.8 Å². The molecule has 10 aromatic carbocycles. The minimum atomic E-state index is -0.921. The number of aromatic nitrogens is 1. The molecule has 2 heterocycles. The van der Waals surface area contributed by atoms with Gasteiger partial charge in [-0.05, 0) is 99.6 Å². The summed E-state index contributed by atoms with van der Waals surface area (Å²) in [6.45, 7) is 0. The number of benzene rings is 10. The molecule has 2 aromatic heterocycles. The largest absolute Gasteiger partial charge is 0.455 e. The van der Waals surface area contributed by atoms with Crippen LogP contribution < -0.4 is 4.90 Å². The molecule has 0 saturated heterocycles. The standard InChI is InChI=1S/C58H38N2O/c1-2-14-39(15-3-1)41-28-32-45(33-29-41)59(46-34-30-42(31-35-46)44-27-26-40-16-4-5-17-43(40)36-44)47-37-52(58-53(38-47)51-21-9-13-25-57(51)61-58)50-20-8-12-24-56(50)60-54-22-10-6-18-48(54)49-19-7-11-23-55(49)60/h1-38H/i1D,2D,3D,4D,5D,14D,15D,16D,17D,26D,27D,28D,29D,30D,31D,32D,33D,34D,35D,36D. The third-order valence-corrected chi connectivity index (χ3v) is 10.7. The molecule has 3 heteroatoms. The predicted octanol–water partition coefficient (Wildman–Crippen LogP) is 16.3. The number of hydrogen-bond donors (Lipinski definition) is 0. The Balaban J connectivity index is 1.22. The van der Waals surface area contributed by atoms with Crippen LogP contribution in [0.3, 0.4) is 0 Å². The molecule has 61 heavy (non-hydrogen) atoms. The minimum Gasteiger partial charge on any atom is -0.455 e. The van der Waals surface area contributed by atoms with Crippen LogP contribution in [0.5, 0.6) is 0 Å². The number of para-hydroxylation sites is 4. The fourth-order valence-electron chi connectivity index (χ4n) is 7.96. The van der Waals surface area contributed by atoms with E-state index in [1.807, 2.05) is 72.8 Å². The zero-order chi connectivity index (χ0) is 57.7. The van der Waals surface area contributed by atoms with Crippen molar-refractivity contribution < 1.29 is 31.8 Å². The van der Waals surface area contributed by atoms with E-state index in [1.54, 1.807) is 36.4 Å². The molecular formula is C58H38N2O. The molecule has 0 aliphatic carbocycles. The Bertz CT molecular complexity index is 4660. The number of fused-ring (bicyclic) bond motifs is 7. The molecule has 286 valence electrons. The Morgan fingerprint density at radius 2 is 0.967 bits per heavy atom. The van der Waals surface area contributed by atoms with E-state index < -0.39 is 165 Å². The van der Waals surface area contributed by atoms with Crippen LogP contribution >= 0.6 is 0 Å². The lowest BCUT2D eigenvalue weighted by Crippen LogP contribution is -2.10. The van der Waals surface area contributed by atoms with Gasteiger partial charge >= 0.3 is 0 Å². The van der Waals surface area contributed by atoms with Crippen molar-refractivity contribution in [3.63, 3.8) is 0 Å². The molecule has 0 N–H and O–H groups in total. The number of furan rings is 1. The molecule has 12 rings (SSSR count). The van der Waals surface area contributed by atoms with Crippen molar-refractivity contribution in [2.45, 2.75) is 0 Å². The van der Waals surface area contributed by atoms with Crippen LogP contribution in [0.1, 0.15) is 27.4 Å². The molecule has 0 saturated carbocycles. The summed E-state index contributed by atoms with van der Waals surface area (Å²) in [7, 11) is 0. The second kappa shape index (κ2) is 14.3. The van der Waals surface area contributed by atoms with Crippen LogP contribution in [0, 0.1) is 0 Å². The topological polar surface area (TPSA) is 21.3 Å². The number of rotatable bonds is 7. The van der Waals surface area contributed by atoms with E-state index in [9.17, 15) is 12.3 Å². The summed E-state index contributed by atoms with van der Waals surface area (Å²) in [6, 6.07) is 16.8. The molecule has 0 spiro atoms. The van der Waals surface area contributed by atoms with Gasteiger partial charge in [0, 0.05) is 49.7 Å². The fraction of sp³-hybridized carbons (Fsp3) is 0. The van der Waals surface area contributed by atoms with E-state index >= 15 is 0 Å². The monoisotopic (exact) mass is 798 g/mol. The first-order valence-corrected chi connectivity index (χ1v) is 19.2. The maximum atomic E-state index is 9.89. The normalized spacial score (nSPS) is 16.2. The molecule has 0 aliphatic rings. The second-order valence-electron chi connectivity index (χ2n) is 14.1. The summed E-state index contributed by atoms with van der Waals surface area (Å²) in [5, 5.41) is 1.92. The maximum Gasteiger partial charge on any atom is 0.143 e. The van der Waals surface area contributed by atoms with E-state index in [4.69, 9.17) is 19.5 Å². The van der Waals surface area contributed by atoms with E-state index in [1.165, 1.54) is 0 Å². The summed E-state index contributed by atoms with van der Waals surface area (Å²) >= 11 is 0. The van der Waals surface area contributed by atoms with Crippen LogP contribution in [0.15, 0.2) is 234 Å². The van der Waals surface area contributed by atoms with Crippen LogP contribution in [-0.2, 0) is 0 Å². The predicted molar refractivity (Wildman–Crippen MR) is 257 cm³/mol. The van der Waals surface area contributed by atoms with Gasteiger partial charge in [0.2, 0.25) is 0 Å². The number of hydrogen-bond acceptors (Lipinski definition) is 2. The molecule has 0 radical (unpaired) electrons. The van der Waals surface area contributed by atoms with Crippen molar-refractivity contribution in [2.75, 3.05) is 4.90 Å². The van der Waals surface area contributed by atoms with Gasteiger partial charge in [-0.15, -0.1) is 0 Å². The SMILES string of the molecule is [2H]c1c([2H])c([2H])c(-c2c([2H])c([2H])c(N(c3cc(-c4ccccc4-n4c5ccccc5c5ccccc54)c4oc5ccccc5c4c3)c3c([2H])c([2H])c(-c4c([2H])c([2H])c5c([2H])c([2H])c([2H])c([2H])c5c4[2H])c([2H])c3[2H])c([2H])c2[2H])c([2H])c1[2H]. The van der Waals surface area contributed by atoms with Crippen LogP contribution in [-0.4, -0.2) is 4.57 Å². The highest BCUT2D eigenvalue weighted by atomic mass is 16.3. The lowest BCUT2D eigenvalue weighted by atomic mass is 9.98. The summed E-state index contributed by atoms with van der Waals surface area (Å²) in [5.41, 5.74) is 0.0185. The molecule has 0 fully saturated rings. The summed E-state index contributed by atoms with van der Waals surface area (Å²) in [4.78, 5) is 1.01. The fourth-order valence-corrected chi connectivity index (χ4v) is 7.96. The summed E-state index contributed by atoms with van der Waals surface area (Å²) < 4.78 is 190. The highest BCUT2D eigenvalue weighted by molar-refractivity contribution is 6.14. The van der Waals surface area contributed by atoms with Crippen molar-refractivity contribution >= 4 is 71.6 Å². The average molecular weight is 799 g/mol. The second-order valence-corrected chi connectivity index (χ2v) is 14.1. The van der Waals surface area contributed by atoms with Crippen molar-refractivity contribution in [3.8, 4) is 39.1 Å². The van der Waals surface area contributed by atoms with Crippen LogP contribution in [0.2, 0.25) is 0 Å². The van der Waals surface area contributed by atoms with Gasteiger partial charge in [0.25, 0.3) is 0 Å². The van der Waals surface area contributed by atoms with Gasteiger partial charge in [-0.25, -0.2) is 0 Å². The Labute approximate surface area is 381 Å². The van der Waals surface area contributed by atoms with Crippen molar-refractivity contribution in [2.24, 2.45) is 0 Å². The molecule has 0 amide bonds. The third-order valence-electron chi connectivity index (χ3n) is 10.7. The Kier molecular flexibility index (Phi) is 4.74. The highest BCUT2D eigenvalue weighted by Crippen LogP contribution is 2.46. The van der Waals surface area contributed by atoms with Crippen molar-refractivity contribution in [1.29, 1.82) is 0 Å². The van der Waals surface area contributed by atoms with Gasteiger partial charge in [-0.3, -0.25) is 0 Å². The molecule has 0 aliphatic heterocycles. The van der Waals surface area contributed by atoms with Gasteiger partial charge in [-0.2, -0.15) is 0 Å². The summed E-state index contributed by atoms with van der Waals surface area (Å²) in [6.07, 6.45) is 0. The minimum absolute atomic E-state index is 0.0662. The van der Waals surface area contributed by atoms with E-state index in [2.05, 4.69) is 4.57 Å². The summed E-state index contributed by atoms with van der Waals surface area (Å²) in [5.74, 6) is 0. The van der Waals surface area contributed by atoms with Gasteiger partial charge in [0.15, 0.2) is 0 Å². The number of nitrogens with zero attached hydrogens (tertiary/aromatic N) is 2. The number of anilines is 3. The smallest absolute Gasteiger partial charge is 0.143 e. The lowest BCUT2D eigenvalue weighted by Gasteiger charge is -2.27. The molecule has 0 bridgehead atoms. The quantitative estimate of drug-likeness (QED) is 0.160. The van der Waals surface area contributed by atoms with Crippen molar-refractivity contribution in [3.05, 3.63) is 230 Å². The van der Waals surface area contributed by atoms with E-state index in [0.717, 1.165) is 26.7 Å². The first-order valence-electron chi connectivity index (χ1n) is 29.2. The van der Waals surface area contributed by atoms with Gasteiger partial charge in [-0.1, -0.05) is 163 Å². The molecule has 12 aromatic rings. The van der Waals surface area contributed by atoms with Gasteiger partial charge in [0.05, 0.1) is 44.1 Å². The zero-order valence-electron chi connectivity index (χ0n) is 51.7. The Morgan fingerprint density at radius 1 is 0.410 bits per heavy atom. The molecule has 3 nitrogen and oxygen atoms in total. The maximum absolute atomic E-state index is 9.89. The first-order chi connectivity index (χ1) is 38.6. The Morgan fingerprint density at radius 3 is 1.69 bits per heavy atom. The van der Waals surface area contributed by atoms with Gasteiger partial charge in [0.1, 0.15) is 11.2 Å². The van der Waals surface area contributed by atoms with E-state index in [-0.39, 0.29) is 5.69 Å². The Hall–Kier alpha value is -8.14. The highest BCUT2D eigenvalue weighted by Gasteiger charge is 2.23. The molecule has 0 atom stereocenters. The first kappa shape index (κ1) is 20.2. The lowest BCUT2D eigenvalue weighted by molar-refractivity contribution is 0.670.